The zero-order chi connectivity index (χ0) is 13.0. The van der Waals surface area contributed by atoms with Crippen molar-refractivity contribution in [3.63, 3.8) is 0 Å². The van der Waals surface area contributed by atoms with Crippen LogP contribution < -0.4 is 0 Å². The highest BCUT2D eigenvalue weighted by molar-refractivity contribution is 6.20. The lowest BCUT2D eigenvalue weighted by atomic mass is 10.1. The molecular formula is C15H20ClNO. The van der Waals surface area contributed by atoms with Crippen LogP contribution in [0.5, 0.6) is 0 Å². The minimum atomic E-state index is 0.255. The first-order valence-electron chi connectivity index (χ1n) is 6.62. The van der Waals surface area contributed by atoms with Gasteiger partial charge in [0.05, 0.1) is 0 Å². The molecule has 0 unspecified atom stereocenters. The second-order valence-electron chi connectivity index (χ2n) is 5.04. The molecule has 0 aliphatic carbocycles. The van der Waals surface area contributed by atoms with Crippen molar-refractivity contribution in [2.75, 3.05) is 13.1 Å². The van der Waals surface area contributed by atoms with E-state index >= 15 is 0 Å². The van der Waals surface area contributed by atoms with Crippen molar-refractivity contribution in [2.24, 2.45) is 0 Å². The van der Waals surface area contributed by atoms with Gasteiger partial charge in [-0.05, 0) is 31.7 Å². The van der Waals surface area contributed by atoms with Gasteiger partial charge in [0.2, 0.25) is 5.91 Å². The first-order chi connectivity index (χ1) is 8.65. The van der Waals surface area contributed by atoms with Crippen LogP contribution in [0.15, 0.2) is 24.3 Å². The monoisotopic (exact) mass is 265 g/mol. The number of hydrogen-bond donors (Lipinski definition) is 0. The average molecular weight is 266 g/mol. The zero-order valence-corrected chi connectivity index (χ0v) is 11.6. The van der Waals surface area contributed by atoms with E-state index in [1.165, 1.54) is 11.1 Å². The van der Waals surface area contributed by atoms with Crippen molar-refractivity contribution >= 4 is 17.5 Å². The smallest absolute Gasteiger partial charge is 0.222 e. The average Bonchev–Trinajstić information content (AvgIpc) is 2.37. The Bertz CT molecular complexity index is 411. The Kier molecular flexibility index (Phi) is 4.65. The van der Waals surface area contributed by atoms with Crippen LogP contribution in [-0.4, -0.2) is 29.3 Å². The second kappa shape index (κ2) is 6.24. The highest BCUT2D eigenvalue weighted by Crippen LogP contribution is 2.17. The standard InChI is InChI=1S/C15H20ClNO/c1-12-3-2-4-13(11-12)5-6-15(18)17-9-7-14(16)8-10-17/h2-4,11,14H,5-10H2,1H3. The van der Waals surface area contributed by atoms with E-state index in [1.54, 1.807) is 0 Å². The SMILES string of the molecule is Cc1cccc(CCC(=O)N2CCC(Cl)CC2)c1. The number of carbonyl (C=O) groups excluding carboxylic acids is 1. The molecule has 0 atom stereocenters. The third kappa shape index (κ3) is 3.74. The number of amides is 1. The molecule has 1 aromatic carbocycles. The minimum Gasteiger partial charge on any atom is -0.343 e. The molecule has 0 spiro atoms. The van der Waals surface area contributed by atoms with Gasteiger partial charge in [0.1, 0.15) is 0 Å². The molecule has 0 N–H and O–H groups in total. The molecule has 0 aromatic heterocycles. The molecule has 1 saturated heterocycles. The minimum absolute atomic E-state index is 0.255. The molecule has 2 nitrogen and oxygen atoms in total. The van der Waals surface area contributed by atoms with Gasteiger partial charge in [-0.15, -0.1) is 11.6 Å². The zero-order valence-electron chi connectivity index (χ0n) is 10.9. The number of likely N-dealkylation sites (tertiary alicyclic amines) is 1. The van der Waals surface area contributed by atoms with Gasteiger partial charge in [-0.3, -0.25) is 4.79 Å². The van der Waals surface area contributed by atoms with Crippen molar-refractivity contribution in [1.82, 2.24) is 4.90 Å². The molecule has 3 heteroatoms. The summed E-state index contributed by atoms with van der Waals surface area (Å²) in [6.45, 7) is 3.72. The van der Waals surface area contributed by atoms with Crippen molar-refractivity contribution in [1.29, 1.82) is 0 Å². The maximum absolute atomic E-state index is 12.0. The molecule has 1 amide bonds. The Morgan fingerprint density at radius 3 is 2.78 bits per heavy atom. The Morgan fingerprint density at radius 2 is 2.11 bits per heavy atom. The van der Waals surface area contributed by atoms with E-state index in [0.717, 1.165) is 32.4 Å². The van der Waals surface area contributed by atoms with Crippen LogP contribution in [0.4, 0.5) is 0 Å². The van der Waals surface area contributed by atoms with Crippen molar-refractivity contribution in [3.05, 3.63) is 35.4 Å². The molecule has 1 aromatic rings. The predicted molar refractivity (Wildman–Crippen MR) is 75.0 cm³/mol. The van der Waals surface area contributed by atoms with Crippen LogP contribution in [0.3, 0.4) is 0 Å². The maximum Gasteiger partial charge on any atom is 0.222 e. The van der Waals surface area contributed by atoms with Gasteiger partial charge in [-0.25, -0.2) is 0 Å². The van der Waals surface area contributed by atoms with E-state index in [9.17, 15) is 4.79 Å². The van der Waals surface area contributed by atoms with Crippen LogP contribution in [0.25, 0.3) is 0 Å². The van der Waals surface area contributed by atoms with Gasteiger partial charge >= 0.3 is 0 Å². The fourth-order valence-electron chi connectivity index (χ4n) is 2.37. The number of carbonyl (C=O) groups is 1. The molecule has 1 fully saturated rings. The lowest BCUT2D eigenvalue weighted by Crippen LogP contribution is -2.38. The highest BCUT2D eigenvalue weighted by atomic mass is 35.5. The van der Waals surface area contributed by atoms with Crippen LogP contribution in [0.2, 0.25) is 0 Å². The summed E-state index contributed by atoms with van der Waals surface area (Å²) in [5.41, 5.74) is 2.50. The predicted octanol–water partition coefficient (Wildman–Crippen LogP) is 3.16. The topological polar surface area (TPSA) is 20.3 Å². The van der Waals surface area contributed by atoms with Crippen LogP contribution in [0, 0.1) is 6.92 Å². The third-order valence-electron chi connectivity index (χ3n) is 3.49. The first-order valence-corrected chi connectivity index (χ1v) is 7.06. The Hall–Kier alpha value is -1.02. The molecule has 18 heavy (non-hydrogen) atoms. The summed E-state index contributed by atoms with van der Waals surface area (Å²) in [6, 6.07) is 8.37. The van der Waals surface area contributed by atoms with E-state index in [2.05, 4.69) is 25.1 Å². The van der Waals surface area contributed by atoms with E-state index in [1.807, 2.05) is 11.0 Å². The van der Waals surface area contributed by atoms with Crippen LogP contribution in [-0.2, 0) is 11.2 Å². The van der Waals surface area contributed by atoms with Crippen LogP contribution in [0.1, 0.15) is 30.4 Å². The van der Waals surface area contributed by atoms with Gasteiger partial charge in [-0.2, -0.15) is 0 Å². The third-order valence-corrected chi connectivity index (χ3v) is 3.92. The molecule has 0 saturated carbocycles. The number of halogens is 1. The summed E-state index contributed by atoms with van der Waals surface area (Å²) < 4.78 is 0. The Balaban J connectivity index is 1.81. The van der Waals surface area contributed by atoms with E-state index in [0.29, 0.717) is 6.42 Å². The quantitative estimate of drug-likeness (QED) is 0.769. The summed E-state index contributed by atoms with van der Waals surface area (Å²) in [4.78, 5) is 14.0. The Labute approximate surface area is 114 Å². The lowest BCUT2D eigenvalue weighted by Gasteiger charge is -2.29. The molecule has 0 radical (unpaired) electrons. The Morgan fingerprint density at radius 1 is 1.39 bits per heavy atom. The second-order valence-corrected chi connectivity index (χ2v) is 5.66. The number of aryl methyl sites for hydroxylation is 2. The molecule has 2 rings (SSSR count). The van der Waals surface area contributed by atoms with Gasteiger partial charge in [0.25, 0.3) is 0 Å². The molecular weight excluding hydrogens is 246 g/mol. The summed E-state index contributed by atoms with van der Waals surface area (Å²) >= 11 is 6.04. The number of benzene rings is 1. The van der Waals surface area contributed by atoms with Crippen molar-refractivity contribution < 1.29 is 4.79 Å². The van der Waals surface area contributed by atoms with Gasteiger partial charge in [0, 0.05) is 24.9 Å². The fourth-order valence-corrected chi connectivity index (χ4v) is 2.57. The normalized spacial score (nSPS) is 16.9. The van der Waals surface area contributed by atoms with Crippen molar-refractivity contribution in [2.45, 2.75) is 38.0 Å². The number of nitrogens with zero attached hydrogens (tertiary/aromatic N) is 1. The number of rotatable bonds is 3. The summed E-state index contributed by atoms with van der Waals surface area (Å²) in [5.74, 6) is 0.264. The number of alkyl halides is 1. The summed E-state index contributed by atoms with van der Waals surface area (Å²) in [5, 5.41) is 0.255. The fraction of sp³-hybridized carbons (Fsp3) is 0.533. The van der Waals surface area contributed by atoms with E-state index in [-0.39, 0.29) is 11.3 Å². The van der Waals surface area contributed by atoms with Crippen molar-refractivity contribution in [3.8, 4) is 0 Å². The van der Waals surface area contributed by atoms with E-state index < -0.39 is 0 Å². The molecule has 1 heterocycles. The molecule has 1 aliphatic rings. The number of hydrogen-bond acceptors (Lipinski definition) is 1. The molecule has 0 bridgehead atoms. The van der Waals surface area contributed by atoms with E-state index in [4.69, 9.17) is 11.6 Å². The van der Waals surface area contributed by atoms with Crippen LogP contribution >= 0.6 is 11.6 Å². The summed E-state index contributed by atoms with van der Waals surface area (Å²) in [6.07, 6.45) is 3.30. The maximum atomic E-state index is 12.0. The van der Waals surface area contributed by atoms with Gasteiger partial charge in [-0.1, -0.05) is 29.8 Å². The molecule has 98 valence electrons. The van der Waals surface area contributed by atoms with Gasteiger partial charge in [0.15, 0.2) is 0 Å². The first kappa shape index (κ1) is 13.4. The summed E-state index contributed by atoms with van der Waals surface area (Å²) in [7, 11) is 0. The number of piperidine rings is 1. The highest BCUT2D eigenvalue weighted by Gasteiger charge is 2.20. The largest absolute Gasteiger partial charge is 0.343 e. The molecule has 1 aliphatic heterocycles. The lowest BCUT2D eigenvalue weighted by molar-refractivity contribution is -0.131. The van der Waals surface area contributed by atoms with Gasteiger partial charge < -0.3 is 4.90 Å².